The molecule has 1 aliphatic rings. The lowest BCUT2D eigenvalue weighted by molar-refractivity contribution is -0.137. The molecule has 1 amide bonds. The summed E-state index contributed by atoms with van der Waals surface area (Å²) in [6.07, 6.45) is 0.571. The third-order valence-corrected chi connectivity index (χ3v) is 4.65. The highest BCUT2D eigenvalue weighted by atomic mass is 19.4. The Balaban J connectivity index is 1.78. The van der Waals surface area contributed by atoms with Crippen molar-refractivity contribution >= 4 is 11.6 Å². The second-order valence-corrected chi connectivity index (χ2v) is 6.55. The van der Waals surface area contributed by atoms with E-state index in [2.05, 4.69) is 15.5 Å². The zero-order valence-corrected chi connectivity index (χ0v) is 13.9. The van der Waals surface area contributed by atoms with Crippen LogP contribution in [0.4, 0.5) is 18.9 Å². The molecule has 7 heteroatoms. The fourth-order valence-electron chi connectivity index (χ4n) is 3.28. The van der Waals surface area contributed by atoms with Gasteiger partial charge in [-0.25, -0.2) is 0 Å². The summed E-state index contributed by atoms with van der Waals surface area (Å²) in [4.78, 5) is 12.3. The number of hydrogen-bond acceptors (Lipinski definition) is 2. The van der Waals surface area contributed by atoms with E-state index in [-0.39, 0.29) is 5.91 Å². The first kappa shape index (κ1) is 17.5. The molecule has 134 valence electrons. The van der Waals surface area contributed by atoms with E-state index in [4.69, 9.17) is 0 Å². The van der Waals surface area contributed by atoms with E-state index >= 15 is 0 Å². The SMILES string of the molecule is Cc1[nH]nc(-c2ccc(C(F)(F)F)cc2)c1NC(=O)CC1CCCC1. The van der Waals surface area contributed by atoms with Crippen molar-refractivity contribution in [3.8, 4) is 11.3 Å². The van der Waals surface area contributed by atoms with Crippen LogP contribution in [0, 0.1) is 12.8 Å². The van der Waals surface area contributed by atoms with Crippen molar-refractivity contribution in [3.05, 3.63) is 35.5 Å². The van der Waals surface area contributed by atoms with Crippen molar-refractivity contribution in [1.29, 1.82) is 0 Å². The molecule has 25 heavy (non-hydrogen) atoms. The third kappa shape index (κ3) is 4.03. The number of alkyl halides is 3. The predicted octanol–water partition coefficient (Wildman–Crippen LogP) is 4.92. The van der Waals surface area contributed by atoms with Gasteiger partial charge in [0, 0.05) is 12.0 Å². The van der Waals surface area contributed by atoms with Crippen LogP contribution in [0.1, 0.15) is 43.4 Å². The van der Waals surface area contributed by atoms with Crippen LogP contribution < -0.4 is 5.32 Å². The molecule has 1 fully saturated rings. The van der Waals surface area contributed by atoms with Gasteiger partial charge in [0.25, 0.3) is 0 Å². The average Bonchev–Trinajstić information content (AvgIpc) is 3.18. The summed E-state index contributed by atoms with van der Waals surface area (Å²) in [5, 5.41) is 9.81. The Kier molecular flexibility index (Phi) is 4.83. The minimum atomic E-state index is -4.38. The van der Waals surface area contributed by atoms with E-state index in [1.807, 2.05) is 0 Å². The number of carbonyl (C=O) groups excluding carboxylic acids is 1. The molecule has 0 radical (unpaired) electrons. The second-order valence-electron chi connectivity index (χ2n) is 6.55. The minimum Gasteiger partial charge on any atom is -0.323 e. The molecule has 0 spiro atoms. The molecule has 2 N–H and O–H groups in total. The van der Waals surface area contributed by atoms with Crippen LogP contribution in [-0.4, -0.2) is 16.1 Å². The fraction of sp³-hybridized carbons (Fsp3) is 0.444. The van der Waals surface area contributed by atoms with Crippen molar-refractivity contribution in [3.63, 3.8) is 0 Å². The quantitative estimate of drug-likeness (QED) is 0.821. The number of aromatic amines is 1. The number of nitrogens with one attached hydrogen (secondary N) is 2. The molecule has 3 rings (SSSR count). The molecular formula is C18H20F3N3O. The van der Waals surface area contributed by atoms with Crippen LogP contribution in [0.15, 0.2) is 24.3 Å². The molecule has 0 atom stereocenters. The average molecular weight is 351 g/mol. The normalized spacial score (nSPS) is 15.5. The Bertz CT molecular complexity index is 744. The summed E-state index contributed by atoms with van der Waals surface area (Å²) in [5.41, 5.74) is 1.47. The van der Waals surface area contributed by atoms with Gasteiger partial charge in [-0.2, -0.15) is 18.3 Å². The van der Waals surface area contributed by atoms with Crippen LogP contribution >= 0.6 is 0 Å². The molecule has 2 aromatic rings. The zero-order chi connectivity index (χ0) is 18.0. The number of nitrogens with zero attached hydrogens (tertiary/aromatic N) is 1. The molecule has 0 saturated heterocycles. The smallest absolute Gasteiger partial charge is 0.323 e. The maximum atomic E-state index is 12.7. The lowest BCUT2D eigenvalue weighted by atomic mass is 10.0. The molecule has 1 aromatic carbocycles. The van der Waals surface area contributed by atoms with Gasteiger partial charge in [0.1, 0.15) is 5.69 Å². The predicted molar refractivity (Wildman–Crippen MR) is 89.0 cm³/mol. The van der Waals surface area contributed by atoms with Gasteiger partial charge < -0.3 is 5.32 Å². The van der Waals surface area contributed by atoms with E-state index < -0.39 is 11.7 Å². The number of aryl methyl sites for hydroxylation is 1. The number of rotatable bonds is 4. The number of H-pyrrole nitrogens is 1. The Morgan fingerprint density at radius 1 is 1.24 bits per heavy atom. The van der Waals surface area contributed by atoms with Crippen molar-refractivity contribution in [1.82, 2.24) is 10.2 Å². The highest BCUT2D eigenvalue weighted by molar-refractivity contribution is 5.95. The Hall–Kier alpha value is -2.31. The van der Waals surface area contributed by atoms with Gasteiger partial charge in [0.15, 0.2) is 0 Å². The molecule has 0 unspecified atom stereocenters. The number of anilines is 1. The number of carbonyl (C=O) groups is 1. The highest BCUT2D eigenvalue weighted by Gasteiger charge is 2.30. The summed E-state index contributed by atoms with van der Waals surface area (Å²) < 4.78 is 38.1. The standard InChI is InChI=1S/C18H20F3N3O/c1-11-16(22-15(25)10-12-4-2-3-5-12)17(24-23-11)13-6-8-14(9-7-13)18(19,20)21/h6-9,12H,2-5,10H2,1H3,(H,22,25)(H,23,24). The second kappa shape index (κ2) is 6.90. The lowest BCUT2D eigenvalue weighted by Gasteiger charge is -2.11. The summed E-state index contributed by atoms with van der Waals surface area (Å²) in [6, 6.07) is 4.77. The molecule has 1 saturated carbocycles. The number of hydrogen-bond donors (Lipinski definition) is 2. The first-order chi connectivity index (χ1) is 11.8. The van der Waals surface area contributed by atoms with E-state index in [0.29, 0.717) is 35.0 Å². The lowest BCUT2D eigenvalue weighted by Crippen LogP contribution is -2.15. The number of benzene rings is 1. The first-order valence-corrected chi connectivity index (χ1v) is 8.37. The molecule has 1 aliphatic carbocycles. The molecule has 0 bridgehead atoms. The highest BCUT2D eigenvalue weighted by Crippen LogP contribution is 2.34. The van der Waals surface area contributed by atoms with Crippen molar-refractivity contribution in [2.24, 2.45) is 5.92 Å². The van der Waals surface area contributed by atoms with Gasteiger partial charge in [-0.05, 0) is 37.8 Å². The van der Waals surface area contributed by atoms with Crippen LogP contribution in [0.3, 0.4) is 0 Å². The van der Waals surface area contributed by atoms with Crippen molar-refractivity contribution in [2.45, 2.75) is 45.2 Å². The minimum absolute atomic E-state index is 0.0791. The van der Waals surface area contributed by atoms with Gasteiger partial charge >= 0.3 is 6.18 Å². The molecule has 4 nitrogen and oxygen atoms in total. The van der Waals surface area contributed by atoms with Gasteiger partial charge in [-0.3, -0.25) is 9.89 Å². The Labute approximate surface area is 143 Å². The third-order valence-electron chi connectivity index (χ3n) is 4.65. The maximum absolute atomic E-state index is 12.7. The van der Waals surface area contributed by atoms with Crippen LogP contribution in [0.5, 0.6) is 0 Å². The Morgan fingerprint density at radius 2 is 1.88 bits per heavy atom. The Morgan fingerprint density at radius 3 is 2.48 bits per heavy atom. The fourth-order valence-corrected chi connectivity index (χ4v) is 3.28. The topological polar surface area (TPSA) is 57.8 Å². The number of halogens is 3. The number of aromatic nitrogens is 2. The maximum Gasteiger partial charge on any atom is 0.416 e. The largest absolute Gasteiger partial charge is 0.416 e. The summed E-state index contributed by atoms with van der Waals surface area (Å²) in [6.45, 7) is 1.77. The van der Waals surface area contributed by atoms with Crippen molar-refractivity contribution < 1.29 is 18.0 Å². The van der Waals surface area contributed by atoms with E-state index in [9.17, 15) is 18.0 Å². The summed E-state index contributed by atoms with van der Waals surface area (Å²) in [5.74, 6) is 0.339. The molecular weight excluding hydrogens is 331 g/mol. The van der Waals surface area contributed by atoms with Crippen LogP contribution in [0.2, 0.25) is 0 Å². The monoisotopic (exact) mass is 351 g/mol. The molecule has 0 aliphatic heterocycles. The van der Waals surface area contributed by atoms with E-state index in [1.54, 1.807) is 6.92 Å². The van der Waals surface area contributed by atoms with Crippen LogP contribution in [-0.2, 0) is 11.0 Å². The molecule has 1 aromatic heterocycles. The first-order valence-electron chi connectivity index (χ1n) is 8.37. The summed E-state index contributed by atoms with van der Waals surface area (Å²) >= 11 is 0. The van der Waals surface area contributed by atoms with Gasteiger partial charge in [-0.1, -0.05) is 25.0 Å². The summed E-state index contributed by atoms with van der Waals surface area (Å²) in [7, 11) is 0. The van der Waals surface area contributed by atoms with Gasteiger partial charge in [0.05, 0.1) is 16.9 Å². The van der Waals surface area contributed by atoms with Gasteiger partial charge in [0.2, 0.25) is 5.91 Å². The number of amides is 1. The zero-order valence-electron chi connectivity index (χ0n) is 13.9. The van der Waals surface area contributed by atoms with E-state index in [1.165, 1.54) is 25.0 Å². The molecule has 1 heterocycles. The van der Waals surface area contributed by atoms with Crippen molar-refractivity contribution in [2.75, 3.05) is 5.32 Å². The van der Waals surface area contributed by atoms with Gasteiger partial charge in [-0.15, -0.1) is 0 Å². The van der Waals surface area contributed by atoms with Crippen LogP contribution in [0.25, 0.3) is 11.3 Å². The van der Waals surface area contributed by atoms with E-state index in [0.717, 1.165) is 25.0 Å².